The molecule has 2 rings (SSSR count). The lowest BCUT2D eigenvalue weighted by atomic mass is 10.0. The van der Waals surface area contributed by atoms with Gasteiger partial charge in [0.05, 0.1) is 31.1 Å². The van der Waals surface area contributed by atoms with Gasteiger partial charge in [0.15, 0.2) is 8.32 Å². The number of aliphatic hydroxyl groups excluding tert-OH is 1. The monoisotopic (exact) mass is 494 g/mol. The fourth-order valence-electron chi connectivity index (χ4n) is 2.63. The Balaban J connectivity index is 2.56. The van der Waals surface area contributed by atoms with Crippen LogP contribution in [0.25, 0.3) is 0 Å². The standard InChI is InChI=1S/C25H29F3O5Si/c1-24(2,3)34(5,6)33-16-20(25(26,27)28)19(22(29)21-8-7-15-32-21)14-11-17-9-12-18(13-10-17)23(30)31-4/h7-10,12-13,15,22,29H,16H2,1-6H3/b20-19-. The van der Waals surface area contributed by atoms with Crippen molar-refractivity contribution in [1.29, 1.82) is 0 Å². The Kier molecular flexibility index (Phi) is 8.58. The molecular formula is C25H29F3O5Si. The molecule has 9 heteroatoms. The second-order valence-corrected chi connectivity index (χ2v) is 14.0. The molecule has 0 bridgehead atoms. The van der Waals surface area contributed by atoms with Crippen LogP contribution in [-0.4, -0.2) is 39.3 Å². The molecule has 34 heavy (non-hydrogen) atoms. The van der Waals surface area contributed by atoms with Gasteiger partial charge in [-0.25, -0.2) is 4.79 Å². The van der Waals surface area contributed by atoms with E-state index in [2.05, 4.69) is 16.6 Å². The molecule has 0 spiro atoms. The number of halogens is 3. The van der Waals surface area contributed by atoms with Crippen LogP contribution in [0.4, 0.5) is 13.2 Å². The van der Waals surface area contributed by atoms with Crippen molar-refractivity contribution >= 4 is 14.3 Å². The van der Waals surface area contributed by atoms with Gasteiger partial charge in [0, 0.05) is 11.1 Å². The van der Waals surface area contributed by atoms with Crippen LogP contribution < -0.4 is 0 Å². The number of benzene rings is 1. The molecule has 1 aromatic heterocycles. The van der Waals surface area contributed by atoms with E-state index >= 15 is 0 Å². The zero-order valence-corrected chi connectivity index (χ0v) is 21.0. The van der Waals surface area contributed by atoms with E-state index in [4.69, 9.17) is 8.84 Å². The van der Waals surface area contributed by atoms with E-state index in [1.54, 1.807) is 0 Å². The van der Waals surface area contributed by atoms with Gasteiger partial charge >= 0.3 is 12.1 Å². The highest BCUT2D eigenvalue weighted by Crippen LogP contribution is 2.39. The van der Waals surface area contributed by atoms with E-state index in [1.807, 2.05) is 33.9 Å². The van der Waals surface area contributed by atoms with E-state index in [0.29, 0.717) is 5.56 Å². The minimum atomic E-state index is -4.80. The average molecular weight is 495 g/mol. The summed E-state index contributed by atoms with van der Waals surface area (Å²) in [4.78, 5) is 11.6. The molecule has 5 nitrogen and oxygen atoms in total. The molecule has 0 saturated heterocycles. The Morgan fingerprint density at radius 3 is 2.24 bits per heavy atom. The number of methoxy groups -OCH3 is 1. The highest BCUT2D eigenvalue weighted by molar-refractivity contribution is 6.74. The number of carbonyl (C=O) groups is 1. The topological polar surface area (TPSA) is 68.9 Å². The van der Waals surface area contributed by atoms with Crippen molar-refractivity contribution in [2.45, 2.75) is 51.2 Å². The first kappa shape index (κ1) is 27.4. The summed E-state index contributed by atoms with van der Waals surface area (Å²) >= 11 is 0. The summed E-state index contributed by atoms with van der Waals surface area (Å²) in [7, 11) is -1.29. The third kappa shape index (κ3) is 6.85. The highest BCUT2D eigenvalue weighted by atomic mass is 28.4. The third-order valence-corrected chi connectivity index (χ3v) is 10.3. The number of ether oxygens (including phenoxy) is 1. The molecule has 184 valence electrons. The highest BCUT2D eigenvalue weighted by Gasteiger charge is 2.42. The van der Waals surface area contributed by atoms with Gasteiger partial charge in [-0.15, -0.1) is 0 Å². The minimum Gasteiger partial charge on any atom is -0.466 e. The lowest BCUT2D eigenvalue weighted by Crippen LogP contribution is -2.42. The smallest absolute Gasteiger partial charge is 0.415 e. The predicted octanol–water partition coefficient (Wildman–Crippen LogP) is 6.03. The molecule has 0 aliphatic carbocycles. The lowest BCUT2D eigenvalue weighted by molar-refractivity contribution is -0.0987. The van der Waals surface area contributed by atoms with E-state index in [1.165, 1.54) is 49.8 Å². The summed E-state index contributed by atoms with van der Waals surface area (Å²) in [5.41, 5.74) is -1.00. The Morgan fingerprint density at radius 1 is 1.15 bits per heavy atom. The van der Waals surface area contributed by atoms with Gasteiger partial charge < -0.3 is 18.7 Å². The molecular weight excluding hydrogens is 465 g/mol. The Bertz CT molecular complexity index is 1070. The number of hydrogen-bond donors (Lipinski definition) is 1. The first-order chi connectivity index (χ1) is 15.7. The molecule has 0 aliphatic heterocycles. The van der Waals surface area contributed by atoms with Gasteiger partial charge in [0.1, 0.15) is 11.9 Å². The van der Waals surface area contributed by atoms with Crippen LogP contribution in [0.1, 0.15) is 48.6 Å². The maximum Gasteiger partial charge on any atom is 0.415 e. The Labute approximate surface area is 198 Å². The molecule has 1 aromatic carbocycles. The fraction of sp³-hybridized carbons (Fsp3) is 0.400. The minimum absolute atomic E-state index is 0.0700. The summed E-state index contributed by atoms with van der Waals surface area (Å²) in [6.07, 6.45) is -5.28. The van der Waals surface area contributed by atoms with E-state index in [0.717, 1.165) is 0 Å². The SMILES string of the molecule is COC(=O)c1ccc(C#C/C(=C(\CO[Si](C)(C)C(C)(C)C)C(F)(F)F)C(O)c2ccco2)cc1. The van der Waals surface area contributed by atoms with Crippen LogP contribution in [-0.2, 0) is 9.16 Å². The zero-order chi connectivity index (χ0) is 25.7. The van der Waals surface area contributed by atoms with Crippen LogP contribution >= 0.6 is 0 Å². The van der Waals surface area contributed by atoms with Crippen LogP contribution in [0.5, 0.6) is 0 Å². The summed E-state index contributed by atoms with van der Waals surface area (Å²) in [5.74, 6) is 4.52. The number of carbonyl (C=O) groups excluding carboxylic acids is 1. The summed E-state index contributed by atoms with van der Waals surface area (Å²) in [6, 6.07) is 8.71. The predicted molar refractivity (Wildman–Crippen MR) is 125 cm³/mol. The first-order valence-corrected chi connectivity index (χ1v) is 13.4. The lowest BCUT2D eigenvalue weighted by Gasteiger charge is -2.36. The van der Waals surface area contributed by atoms with Crippen molar-refractivity contribution in [3.05, 3.63) is 70.7 Å². The summed E-state index contributed by atoms with van der Waals surface area (Å²) in [5, 5.41) is 10.5. The van der Waals surface area contributed by atoms with Crippen molar-refractivity contribution in [1.82, 2.24) is 0 Å². The van der Waals surface area contributed by atoms with Crippen LogP contribution in [0.15, 0.2) is 58.2 Å². The van der Waals surface area contributed by atoms with Crippen molar-refractivity contribution in [3.63, 3.8) is 0 Å². The molecule has 0 saturated carbocycles. The molecule has 0 aliphatic rings. The molecule has 0 amide bonds. The van der Waals surface area contributed by atoms with E-state index < -0.39 is 44.3 Å². The number of rotatable bonds is 6. The zero-order valence-electron chi connectivity index (χ0n) is 20.0. The Morgan fingerprint density at radius 2 is 1.76 bits per heavy atom. The number of esters is 1. The van der Waals surface area contributed by atoms with Crippen molar-refractivity contribution in [2.75, 3.05) is 13.7 Å². The first-order valence-electron chi connectivity index (χ1n) is 10.5. The molecule has 0 fully saturated rings. The molecule has 1 unspecified atom stereocenters. The molecule has 1 N–H and O–H groups in total. The molecule has 1 heterocycles. The third-order valence-electron chi connectivity index (χ3n) is 5.78. The maximum absolute atomic E-state index is 14.2. The van der Waals surface area contributed by atoms with Crippen LogP contribution in [0.2, 0.25) is 18.1 Å². The van der Waals surface area contributed by atoms with Crippen molar-refractivity contribution in [3.8, 4) is 11.8 Å². The van der Waals surface area contributed by atoms with Gasteiger partial charge in [0.2, 0.25) is 0 Å². The number of hydrogen-bond acceptors (Lipinski definition) is 5. The van der Waals surface area contributed by atoms with Gasteiger partial charge in [-0.1, -0.05) is 32.6 Å². The van der Waals surface area contributed by atoms with Gasteiger partial charge in [0.25, 0.3) is 0 Å². The fourth-order valence-corrected chi connectivity index (χ4v) is 3.56. The quantitative estimate of drug-likeness (QED) is 0.302. The van der Waals surface area contributed by atoms with E-state index in [-0.39, 0.29) is 16.4 Å². The normalized spacial score (nSPS) is 14.1. The second-order valence-electron chi connectivity index (χ2n) is 9.18. The number of alkyl halides is 3. The van der Waals surface area contributed by atoms with Crippen molar-refractivity contribution < 1.29 is 36.7 Å². The second kappa shape index (κ2) is 10.6. The summed E-state index contributed by atoms with van der Waals surface area (Å²) < 4.78 is 58.1. The molecule has 2 aromatic rings. The largest absolute Gasteiger partial charge is 0.466 e. The van der Waals surface area contributed by atoms with Crippen LogP contribution in [0.3, 0.4) is 0 Å². The van der Waals surface area contributed by atoms with Gasteiger partial charge in [-0.2, -0.15) is 13.2 Å². The average Bonchev–Trinajstić information content (AvgIpc) is 3.28. The molecule has 1 atom stereocenters. The van der Waals surface area contributed by atoms with Crippen molar-refractivity contribution in [2.24, 2.45) is 0 Å². The molecule has 0 radical (unpaired) electrons. The Hall–Kier alpha value is -2.80. The van der Waals surface area contributed by atoms with E-state index in [9.17, 15) is 23.1 Å². The number of furan rings is 1. The van der Waals surface area contributed by atoms with Crippen LogP contribution in [0, 0.1) is 11.8 Å². The number of aliphatic hydroxyl groups is 1. The van der Waals surface area contributed by atoms with Gasteiger partial charge in [-0.05, 0) is 54.5 Å². The van der Waals surface area contributed by atoms with Gasteiger partial charge in [-0.3, -0.25) is 0 Å². The summed E-state index contributed by atoms with van der Waals surface area (Å²) in [6.45, 7) is 8.71. The maximum atomic E-state index is 14.2.